The molecule has 0 aromatic rings. The summed E-state index contributed by atoms with van der Waals surface area (Å²) < 4.78 is 0. The summed E-state index contributed by atoms with van der Waals surface area (Å²) in [6, 6.07) is 0.426. The second kappa shape index (κ2) is 6.05. The summed E-state index contributed by atoms with van der Waals surface area (Å²) in [5.41, 5.74) is 0. The number of amides is 2. The number of thioether (sulfide) groups is 1. The average Bonchev–Trinajstić information content (AvgIpc) is 2.42. The molecular weight excluding hydrogens is 208 g/mol. The first kappa shape index (κ1) is 12.4. The number of hydrogen-bond acceptors (Lipinski definition) is 2. The summed E-state index contributed by atoms with van der Waals surface area (Å²) in [5.74, 6) is 2.20. The predicted molar refractivity (Wildman–Crippen MR) is 66.3 cm³/mol. The summed E-state index contributed by atoms with van der Waals surface area (Å²) in [7, 11) is 0. The molecule has 1 aliphatic heterocycles. The summed E-state index contributed by atoms with van der Waals surface area (Å²) >= 11 is 1.92. The first-order valence-corrected chi connectivity index (χ1v) is 6.58. The van der Waals surface area contributed by atoms with Crippen molar-refractivity contribution in [1.82, 2.24) is 10.2 Å². The van der Waals surface area contributed by atoms with Gasteiger partial charge in [0.05, 0.1) is 0 Å². The van der Waals surface area contributed by atoms with Crippen molar-refractivity contribution in [1.29, 1.82) is 0 Å². The largest absolute Gasteiger partial charge is 0.332 e. The third-order valence-electron chi connectivity index (χ3n) is 2.65. The maximum Gasteiger partial charge on any atom is 0.318 e. The summed E-state index contributed by atoms with van der Waals surface area (Å²) in [4.78, 5) is 13.8. The molecule has 2 atom stereocenters. The zero-order valence-electron chi connectivity index (χ0n) is 9.53. The highest BCUT2D eigenvalue weighted by Crippen LogP contribution is 2.15. The monoisotopic (exact) mass is 228 g/mol. The van der Waals surface area contributed by atoms with Gasteiger partial charge < -0.3 is 10.2 Å². The van der Waals surface area contributed by atoms with Crippen LogP contribution < -0.4 is 5.32 Å². The standard InChI is InChI=1S/C11H20N2OS/c1-4-9(2)12-11(14)13-6-8-15-7-5-10(13)3/h4,9-10H,1,5-8H2,2-3H3,(H,12,14)/t9-,10+/m1/s1. The van der Waals surface area contributed by atoms with Gasteiger partial charge in [0.2, 0.25) is 0 Å². The van der Waals surface area contributed by atoms with Crippen molar-refractivity contribution >= 4 is 17.8 Å². The Morgan fingerprint density at radius 1 is 1.67 bits per heavy atom. The molecule has 86 valence electrons. The lowest BCUT2D eigenvalue weighted by molar-refractivity contribution is 0.181. The molecule has 0 unspecified atom stereocenters. The number of carbonyl (C=O) groups excluding carboxylic acids is 1. The van der Waals surface area contributed by atoms with Gasteiger partial charge in [0, 0.05) is 24.4 Å². The van der Waals surface area contributed by atoms with Gasteiger partial charge in [-0.05, 0) is 26.0 Å². The Bertz CT molecular complexity index is 233. The molecule has 1 aliphatic rings. The topological polar surface area (TPSA) is 32.3 Å². The molecule has 0 radical (unpaired) electrons. The fourth-order valence-electron chi connectivity index (χ4n) is 1.53. The van der Waals surface area contributed by atoms with E-state index in [-0.39, 0.29) is 12.1 Å². The minimum atomic E-state index is 0.0393. The van der Waals surface area contributed by atoms with Crippen LogP contribution in [0.5, 0.6) is 0 Å². The molecule has 0 saturated carbocycles. The van der Waals surface area contributed by atoms with Gasteiger partial charge in [0.1, 0.15) is 0 Å². The molecular formula is C11H20N2OS. The Kier molecular flexibility index (Phi) is 5.02. The smallest absolute Gasteiger partial charge is 0.318 e. The van der Waals surface area contributed by atoms with Crippen molar-refractivity contribution in [3.8, 4) is 0 Å². The second-order valence-corrected chi connectivity index (χ2v) is 5.14. The number of urea groups is 1. The Labute approximate surface area is 96.3 Å². The van der Waals surface area contributed by atoms with Gasteiger partial charge >= 0.3 is 6.03 Å². The van der Waals surface area contributed by atoms with Crippen molar-refractivity contribution in [3.05, 3.63) is 12.7 Å². The van der Waals surface area contributed by atoms with Crippen LogP contribution in [0.3, 0.4) is 0 Å². The minimum Gasteiger partial charge on any atom is -0.332 e. The highest BCUT2D eigenvalue weighted by molar-refractivity contribution is 7.99. The Morgan fingerprint density at radius 2 is 2.40 bits per heavy atom. The van der Waals surface area contributed by atoms with E-state index < -0.39 is 0 Å². The molecule has 1 N–H and O–H groups in total. The van der Waals surface area contributed by atoms with Gasteiger partial charge in [-0.15, -0.1) is 6.58 Å². The van der Waals surface area contributed by atoms with Crippen LogP contribution in [0.2, 0.25) is 0 Å². The highest BCUT2D eigenvalue weighted by Gasteiger charge is 2.22. The minimum absolute atomic E-state index is 0.0393. The maximum absolute atomic E-state index is 11.9. The Hall–Kier alpha value is -0.640. The van der Waals surface area contributed by atoms with Crippen LogP contribution in [0.15, 0.2) is 12.7 Å². The van der Waals surface area contributed by atoms with Crippen molar-refractivity contribution in [2.45, 2.75) is 32.4 Å². The van der Waals surface area contributed by atoms with Crippen molar-refractivity contribution in [2.24, 2.45) is 0 Å². The summed E-state index contributed by atoms with van der Waals surface area (Å²) in [6.07, 6.45) is 2.83. The molecule has 0 bridgehead atoms. The number of nitrogens with zero attached hydrogens (tertiary/aromatic N) is 1. The first-order valence-electron chi connectivity index (χ1n) is 5.42. The van der Waals surface area contributed by atoms with E-state index in [0.717, 1.165) is 24.5 Å². The molecule has 0 aliphatic carbocycles. The van der Waals surface area contributed by atoms with Crippen LogP contribution in [0, 0.1) is 0 Å². The summed E-state index contributed by atoms with van der Waals surface area (Å²) in [6.45, 7) is 8.56. The van der Waals surface area contributed by atoms with Gasteiger partial charge in [-0.25, -0.2) is 4.79 Å². The lowest BCUT2D eigenvalue weighted by Gasteiger charge is -2.28. The molecule has 1 fully saturated rings. The lowest BCUT2D eigenvalue weighted by atomic mass is 10.2. The maximum atomic E-state index is 11.9. The van der Waals surface area contributed by atoms with E-state index in [1.165, 1.54) is 0 Å². The Morgan fingerprint density at radius 3 is 3.07 bits per heavy atom. The Balaban J connectivity index is 2.51. The third-order valence-corrected chi connectivity index (χ3v) is 3.65. The fourth-order valence-corrected chi connectivity index (χ4v) is 2.57. The number of hydrogen-bond donors (Lipinski definition) is 1. The van der Waals surface area contributed by atoms with E-state index in [9.17, 15) is 4.79 Å². The second-order valence-electron chi connectivity index (χ2n) is 3.92. The van der Waals surface area contributed by atoms with Crippen molar-refractivity contribution in [2.75, 3.05) is 18.1 Å². The summed E-state index contributed by atoms with van der Waals surface area (Å²) in [5, 5.41) is 2.92. The van der Waals surface area contributed by atoms with Crippen molar-refractivity contribution in [3.63, 3.8) is 0 Å². The van der Waals surface area contributed by atoms with Crippen LogP contribution in [0.25, 0.3) is 0 Å². The third kappa shape index (κ3) is 3.78. The van der Waals surface area contributed by atoms with E-state index in [4.69, 9.17) is 0 Å². The predicted octanol–water partition coefficient (Wildman–Crippen LogP) is 2.10. The molecule has 15 heavy (non-hydrogen) atoms. The van der Waals surface area contributed by atoms with Crippen LogP contribution in [0.4, 0.5) is 4.79 Å². The van der Waals surface area contributed by atoms with E-state index in [2.05, 4.69) is 18.8 Å². The molecule has 0 aromatic heterocycles. The SMILES string of the molecule is C=C[C@@H](C)NC(=O)N1CCSCC[C@@H]1C. The van der Waals surface area contributed by atoms with Crippen LogP contribution in [0.1, 0.15) is 20.3 Å². The van der Waals surface area contributed by atoms with E-state index in [1.807, 2.05) is 23.6 Å². The fraction of sp³-hybridized carbons (Fsp3) is 0.727. The van der Waals surface area contributed by atoms with E-state index >= 15 is 0 Å². The number of carbonyl (C=O) groups is 1. The molecule has 0 spiro atoms. The number of nitrogens with one attached hydrogen (secondary N) is 1. The van der Waals surface area contributed by atoms with Gasteiger partial charge in [0.25, 0.3) is 0 Å². The quantitative estimate of drug-likeness (QED) is 0.734. The molecule has 1 saturated heterocycles. The van der Waals surface area contributed by atoms with Gasteiger partial charge in [0.15, 0.2) is 0 Å². The van der Waals surface area contributed by atoms with E-state index in [0.29, 0.717) is 6.04 Å². The zero-order chi connectivity index (χ0) is 11.3. The van der Waals surface area contributed by atoms with Gasteiger partial charge in [-0.2, -0.15) is 11.8 Å². The molecule has 0 aromatic carbocycles. The molecule has 4 heteroatoms. The van der Waals surface area contributed by atoms with Crippen molar-refractivity contribution < 1.29 is 4.79 Å². The number of rotatable bonds is 2. The van der Waals surface area contributed by atoms with Crippen LogP contribution >= 0.6 is 11.8 Å². The highest BCUT2D eigenvalue weighted by atomic mass is 32.2. The van der Waals surface area contributed by atoms with Crippen LogP contribution in [-0.2, 0) is 0 Å². The average molecular weight is 228 g/mol. The first-order chi connectivity index (χ1) is 7.15. The van der Waals surface area contributed by atoms with Gasteiger partial charge in [-0.1, -0.05) is 6.08 Å². The zero-order valence-corrected chi connectivity index (χ0v) is 10.3. The van der Waals surface area contributed by atoms with E-state index in [1.54, 1.807) is 6.08 Å². The lowest BCUT2D eigenvalue weighted by Crippen LogP contribution is -2.47. The molecule has 2 amide bonds. The molecule has 1 rings (SSSR count). The molecule has 3 nitrogen and oxygen atoms in total. The van der Waals surface area contributed by atoms with Crippen LogP contribution in [-0.4, -0.2) is 41.1 Å². The molecule has 1 heterocycles. The normalized spacial score (nSPS) is 24.1. The van der Waals surface area contributed by atoms with Gasteiger partial charge in [-0.3, -0.25) is 0 Å².